The van der Waals surface area contributed by atoms with Crippen LogP contribution in [0.25, 0.3) is 0 Å². The maximum Gasteiger partial charge on any atom is 0.290 e. The van der Waals surface area contributed by atoms with E-state index in [2.05, 4.69) is 13.8 Å². The molecule has 1 aliphatic rings. The Morgan fingerprint density at radius 2 is 1.94 bits per heavy atom. The molecule has 0 spiro atoms. The fourth-order valence-electron chi connectivity index (χ4n) is 2.08. The van der Waals surface area contributed by atoms with E-state index in [1.54, 1.807) is 18.7 Å². The molecule has 1 saturated heterocycles. The second-order valence-corrected chi connectivity index (χ2v) is 5.72. The Hall–Kier alpha value is -0.900. The Balaban J connectivity index is 2.64. The van der Waals surface area contributed by atoms with Crippen molar-refractivity contribution >= 4 is 11.7 Å². The summed E-state index contributed by atoms with van der Waals surface area (Å²) in [5.41, 5.74) is 0. The van der Waals surface area contributed by atoms with Gasteiger partial charge in [-0.25, -0.2) is 0 Å². The second-order valence-electron chi connectivity index (χ2n) is 5.72. The number of hydrogen-bond donors (Lipinski definition) is 0. The largest absolute Gasteiger partial charge is 0.377 e. The number of Topliss-reactive ketones (excluding diaryl/α,β-unsaturated/α-hetero) is 1. The lowest BCUT2D eigenvalue weighted by molar-refractivity contribution is -0.152. The highest BCUT2D eigenvalue weighted by Crippen LogP contribution is 2.17. The van der Waals surface area contributed by atoms with Gasteiger partial charge in [-0.3, -0.25) is 9.59 Å². The normalized spacial score (nSPS) is 20.6. The monoisotopic (exact) mass is 255 g/mol. The zero-order chi connectivity index (χ0) is 13.7. The highest BCUT2D eigenvalue weighted by molar-refractivity contribution is 6.36. The summed E-state index contributed by atoms with van der Waals surface area (Å²) in [6.07, 6.45) is 1.96. The third-order valence-electron chi connectivity index (χ3n) is 3.30. The van der Waals surface area contributed by atoms with E-state index in [-0.39, 0.29) is 23.7 Å². The Labute approximate surface area is 110 Å². The molecular formula is C14H25NO3. The van der Waals surface area contributed by atoms with E-state index >= 15 is 0 Å². The molecule has 4 heteroatoms. The van der Waals surface area contributed by atoms with E-state index in [1.807, 2.05) is 0 Å². The highest BCUT2D eigenvalue weighted by Gasteiger charge is 2.31. The summed E-state index contributed by atoms with van der Waals surface area (Å²) in [6.45, 7) is 9.50. The number of rotatable bonds is 5. The molecule has 1 fully saturated rings. The van der Waals surface area contributed by atoms with Crippen LogP contribution in [0.5, 0.6) is 0 Å². The lowest BCUT2D eigenvalue weighted by Gasteiger charge is -2.35. The van der Waals surface area contributed by atoms with Crippen LogP contribution >= 0.6 is 0 Å². The molecule has 0 bridgehead atoms. The molecule has 4 nitrogen and oxygen atoms in total. The number of morpholine rings is 1. The first-order chi connectivity index (χ1) is 8.43. The molecule has 0 aromatic heterocycles. The van der Waals surface area contributed by atoms with Crippen molar-refractivity contribution < 1.29 is 14.3 Å². The minimum Gasteiger partial charge on any atom is -0.377 e. The summed E-state index contributed by atoms with van der Waals surface area (Å²) in [4.78, 5) is 25.6. The van der Waals surface area contributed by atoms with Gasteiger partial charge >= 0.3 is 0 Å². The van der Waals surface area contributed by atoms with E-state index in [9.17, 15) is 9.59 Å². The standard InChI is InChI=1S/C14H25NO3/c1-10(2)5-6-12-9-18-8-7-15(12)14(17)13(16)11(3)4/h10-12H,5-9H2,1-4H3. The average Bonchev–Trinajstić information content (AvgIpc) is 2.34. The minimum atomic E-state index is -0.331. The smallest absolute Gasteiger partial charge is 0.290 e. The maximum atomic E-state index is 12.1. The van der Waals surface area contributed by atoms with Gasteiger partial charge in [0, 0.05) is 12.5 Å². The van der Waals surface area contributed by atoms with Crippen molar-refractivity contribution in [3.8, 4) is 0 Å². The van der Waals surface area contributed by atoms with Crippen LogP contribution in [-0.4, -0.2) is 42.4 Å². The molecule has 1 unspecified atom stereocenters. The molecule has 1 rings (SSSR count). The Morgan fingerprint density at radius 3 is 2.50 bits per heavy atom. The van der Waals surface area contributed by atoms with Crippen LogP contribution in [0.1, 0.15) is 40.5 Å². The minimum absolute atomic E-state index is 0.0661. The van der Waals surface area contributed by atoms with Crippen LogP contribution in [0.4, 0.5) is 0 Å². The number of ether oxygens (including phenoxy) is 1. The van der Waals surface area contributed by atoms with Crippen molar-refractivity contribution in [2.45, 2.75) is 46.6 Å². The van der Waals surface area contributed by atoms with Crippen LogP contribution in [-0.2, 0) is 14.3 Å². The number of amides is 1. The number of carbonyl (C=O) groups excluding carboxylic acids is 2. The molecule has 1 amide bonds. The average molecular weight is 255 g/mol. The van der Waals surface area contributed by atoms with Gasteiger partial charge in [0.1, 0.15) is 0 Å². The van der Waals surface area contributed by atoms with E-state index in [0.29, 0.717) is 25.7 Å². The van der Waals surface area contributed by atoms with Gasteiger partial charge in [0.25, 0.3) is 5.91 Å². The van der Waals surface area contributed by atoms with Crippen LogP contribution in [0.3, 0.4) is 0 Å². The predicted molar refractivity (Wildman–Crippen MR) is 70.2 cm³/mol. The van der Waals surface area contributed by atoms with Crippen molar-refractivity contribution in [1.29, 1.82) is 0 Å². The topological polar surface area (TPSA) is 46.6 Å². The second kappa shape index (κ2) is 6.88. The van der Waals surface area contributed by atoms with Gasteiger partial charge in [0.15, 0.2) is 0 Å². The fourth-order valence-corrected chi connectivity index (χ4v) is 2.08. The predicted octanol–water partition coefficient (Wildman–Crippen LogP) is 1.88. The van der Waals surface area contributed by atoms with Crippen LogP contribution in [0.2, 0.25) is 0 Å². The van der Waals surface area contributed by atoms with Gasteiger partial charge in [-0.1, -0.05) is 27.7 Å². The SMILES string of the molecule is CC(C)CCC1COCCN1C(=O)C(=O)C(C)C. The van der Waals surface area contributed by atoms with E-state index in [4.69, 9.17) is 4.74 Å². The Kier molecular flexibility index (Phi) is 5.79. The summed E-state index contributed by atoms with van der Waals surface area (Å²) in [5, 5.41) is 0. The number of ketones is 1. The first kappa shape index (κ1) is 15.2. The van der Waals surface area contributed by atoms with E-state index in [1.165, 1.54) is 0 Å². The molecular weight excluding hydrogens is 230 g/mol. The summed E-state index contributed by atoms with van der Waals surface area (Å²) in [5.74, 6) is -0.246. The summed E-state index contributed by atoms with van der Waals surface area (Å²) < 4.78 is 5.43. The fraction of sp³-hybridized carbons (Fsp3) is 0.857. The molecule has 0 radical (unpaired) electrons. The zero-order valence-electron chi connectivity index (χ0n) is 11.9. The first-order valence-electron chi connectivity index (χ1n) is 6.86. The van der Waals surface area contributed by atoms with Gasteiger partial charge in [-0.15, -0.1) is 0 Å². The van der Waals surface area contributed by atoms with Gasteiger partial charge in [0.2, 0.25) is 5.78 Å². The molecule has 1 aliphatic heterocycles. The molecule has 0 saturated carbocycles. The third kappa shape index (κ3) is 4.09. The molecule has 0 aliphatic carbocycles. The lowest BCUT2D eigenvalue weighted by Crippen LogP contribution is -2.51. The highest BCUT2D eigenvalue weighted by atomic mass is 16.5. The zero-order valence-corrected chi connectivity index (χ0v) is 11.9. The van der Waals surface area contributed by atoms with Gasteiger partial charge < -0.3 is 9.64 Å². The number of hydrogen-bond acceptors (Lipinski definition) is 3. The summed E-state index contributed by atoms with van der Waals surface area (Å²) in [6, 6.07) is 0.0661. The van der Waals surface area contributed by atoms with Crippen molar-refractivity contribution in [3.63, 3.8) is 0 Å². The van der Waals surface area contributed by atoms with E-state index in [0.717, 1.165) is 12.8 Å². The van der Waals surface area contributed by atoms with Crippen LogP contribution in [0.15, 0.2) is 0 Å². The number of nitrogens with zero attached hydrogens (tertiary/aromatic N) is 1. The van der Waals surface area contributed by atoms with E-state index < -0.39 is 0 Å². The molecule has 0 N–H and O–H groups in total. The van der Waals surface area contributed by atoms with Crippen LogP contribution < -0.4 is 0 Å². The third-order valence-corrected chi connectivity index (χ3v) is 3.30. The molecule has 0 aromatic carbocycles. The maximum absolute atomic E-state index is 12.1. The Bertz CT molecular complexity index is 299. The van der Waals surface area contributed by atoms with Crippen molar-refractivity contribution in [2.75, 3.05) is 19.8 Å². The first-order valence-corrected chi connectivity index (χ1v) is 6.86. The van der Waals surface area contributed by atoms with Crippen molar-refractivity contribution in [3.05, 3.63) is 0 Å². The lowest BCUT2D eigenvalue weighted by atomic mass is 10.0. The van der Waals surface area contributed by atoms with Gasteiger partial charge in [-0.2, -0.15) is 0 Å². The van der Waals surface area contributed by atoms with Gasteiger partial charge in [-0.05, 0) is 18.8 Å². The quantitative estimate of drug-likeness (QED) is 0.705. The molecule has 0 aromatic rings. The summed E-state index contributed by atoms with van der Waals surface area (Å²) in [7, 11) is 0. The molecule has 18 heavy (non-hydrogen) atoms. The Morgan fingerprint density at radius 1 is 1.28 bits per heavy atom. The number of carbonyl (C=O) groups is 2. The molecule has 1 atom stereocenters. The molecule has 1 heterocycles. The van der Waals surface area contributed by atoms with Crippen LogP contribution in [0, 0.1) is 11.8 Å². The van der Waals surface area contributed by atoms with Crippen molar-refractivity contribution in [1.82, 2.24) is 4.90 Å². The molecule has 104 valence electrons. The van der Waals surface area contributed by atoms with Gasteiger partial charge in [0.05, 0.1) is 19.3 Å². The summed E-state index contributed by atoms with van der Waals surface area (Å²) >= 11 is 0. The van der Waals surface area contributed by atoms with Crippen molar-refractivity contribution in [2.24, 2.45) is 11.8 Å².